The minimum atomic E-state index is 0.863. The Balaban J connectivity index is 1.82. The normalized spacial score (nSPS) is 10.9. The molecule has 0 spiro atoms. The number of H-pyrrole nitrogens is 1. The van der Waals surface area contributed by atoms with E-state index < -0.39 is 0 Å². The molecule has 3 rings (SSSR count). The van der Waals surface area contributed by atoms with Crippen molar-refractivity contribution in [3.63, 3.8) is 0 Å². The highest BCUT2D eigenvalue weighted by Crippen LogP contribution is 2.14. The van der Waals surface area contributed by atoms with E-state index in [4.69, 9.17) is 0 Å². The van der Waals surface area contributed by atoms with Crippen LogP contribution in [-0.2, 0) is 20.0 Å². The van der Waals surface area contributed by atoms with Crippen LogP contribution in [0.5, 0.6) is 0 Å². The average molecular weight is 242 g/mol. The summed E-state index contributed by atoms with van der Waals surface area (Å²) < 4.78 is 4.08. The van der Waals surface area contributed by atoms with E-state index >= 15 is 0 Å². The van der Waals surface area contributed by atoms with E-state index in [2.05, 4.69) is 24.7 Å². The van der Waals surface area contributed by atoms with Crippen LogP contribution in [-0.4, -0.2) is 29.3 Å². The topological polar surface area (TPSA) is 64.3 Å². The molecule has 0 amide bonds. The van der Waals surface area contributed by atoms with Gasteiger partial charge in [0, 0.05) is 44.6 Å². The Morgan fingerprint density at radius 1 is 1.17 bits per heavy atom. The number of hydrogen-bond acceptors (Lipinski definition) is 3. The second-order valence-corrected chi connectivity index (χ2v) is 4.16. The van der Waals surface area contributed by atoms with Gasteiger partial charge in [0.25, 0.3) is 0 Å². The highest BCUT2D eigenvalue weighted by atomic mass is 15.1. The Hall–Kier alpha value is -2.37. The highest BCUT2D eigenvalue weighted by Gasteiger charge is 2.10. The lowest BCUT2D eigenvalue weighted by atomic mass is 10.2. The number of rotatable bonds is 4. The van der Waals surface area contributed by atoms with Crippen molar-refractivity contribution in [2.24, 2.45) is 7.05 Å². The Morgan fingerprint density at radius 3 is 2.72 bits per heavy atom. The first-order valence-corrected chi connectivity index (χ1v) is 5.81. The van der Waals surface area contributed by atoms with Gasteiger partial charge in [-0.15, -0.1) is 0 Å². The van der Waals surface area contributed by atoms with E-state index in [1.807, 2.05) is 36.4 Å². The van der Waals surface area contributed by atoms with Crippen molar-refractivity contribution < 1.29 is 0 Å². The molecular formula is C12H14N6. The fraction of sp³-hybridized carbons (Fsp3) is 0.250. The molecule has 3 aromatic heterocycles. The minimum absolute atomic E-state index is 0.863. The van der Waals surface area contributed by atoms with Gasteiger partial charge < -0.3 is 9.13 Å². The molecule has 6 heteroatoms. The molecule has 0 atom stereocenters. The third-order valence-corrected chi connectivity index (χ3v) is 2.93. The van der Waals surface area contributed by atoms with Crippen molar-refractivity contribution in [2.45, 2.75) is 13.0 Å². The molecular weight excluding hydrogens is 228 g/mol. The maximum atomic E-state index is 4.38. The van der Waals surface area contributed by atoms with Gasteiger partial charge in [0.1, 0.15) is 0 Å². The van der Waals surface area contributed by atoms with Crippen molar-refractivity contribution in [3.8, 4) is 11.6 Å². The van der Waals surface area contributed by atoms with E-state index in [1.165, 1.54) is 5.56 Å². The summed E-state index contributed by atoms with van der Waals surface area (Å²) in [6, 6.07) is 0. The summed E-state index contributed by atoms with van der Waals surface area (Å²) in [4.78, 5) is 8.70. The zero-order chi connectivity index (χ0) is 12.4. The summed E-state index contributed by atoms with van der Waals surface area (Å²) in [6.45, 7) is 0.863. The number of hydrogen-bond donors (Lipinski definition) is 1. The van der Waals surface area contributed by atoms with Crippen LogP contribution in [0.2, 0.25) is 0 Å². The first-order chi connectivity index (χ1) is 8.84. The maximum absolute atomic E-state index is 4.38. The minimum Gasteiger partial charge on any atom is -0.331 e. The van der Waals surface area contributed by atoms with Gasteiger partial charge >= 0.3 is 0 Å². The lowest BCUT2D eigenvalue weighted by Gasteiger charge is -2.06. The molecule has 3 aromatic rings. The molecule has 6 nitrogen and oxygen atoms in total. The second kappa shape index (κ2) is 4.48. The monoisotopic (exact) mass is 242 g/mol. The van der Waals surface area contributed by atoms with Gasteiger partial charge in [0.2, 0.25) is 0 Å². The van der Waals surface area contributed by atoms with Crippen molar-refractivity contribution in [3.05, 3.63) is 42.7 Å². The molecule has 1 N–H and O–H groups in total. The van der Waals surface area contributed by atoms with Crippen LogP contribution in [0.3, 0.4) is 0 Å². The van der Waals surface area contributed by atoms with Gasteiger partial charge in [-0.1, -0.05) is 0 Å². The van der Waals surface area contributed by atoms with Crippen molar-refractivity contribution in [2.75, 3.05) is 0 Å². The fourth-order valence-corrected chi connectivity index (χ4v) is 1.94. The number of aryl methyl sites for hydroxylation is 3. The van der Waals surface area contributed by atoms with E-state index in [0.29, 0.717) is 0 Å². The number of nitrogens with zero attached hydrogens (tertiary/aromatic N) is 5. The molecule has 18 heavy (non-hydrogen) atoms. The van der Waals surface area contributed by atoms with Gasteiger partial charge in [-0.2, -0.15) is 5.10 Å². The van der Waals surface area contributed by atoms with Crippen molar-refractivity contribution in [1.29, 1.82) is 0 Å². The molecule has 0 aromatic carbocycles. The van der Waals surface area contributed by atoms with E-state index in [-0.39, 0.29) is 0 Å². The van der Waals surface area contributed by atoms with Crippen LogP contribution < -0.4 is 0 Å². The van der Waals surface area contributed by atoms with Gasteiger partial charge in [-0.3, -0.25) is 5.10 Å². The van der Waals surface area contributed by atoms with Gasteiger partial charge in [-0.05, 0) is 12.0 Å². The number of aromatic nitrogens is 6. The van der Waals surface area contributed by atoms with Crippen molar-refractivity contribution in [1.82, 2.24) is 29.3 Å². The molecule has 0 aliphatic heterocycles. The van der Waals surface area contributed by atoms with Crippen LogP contribution in [0.25, 0.3) is 11.6 Å². The van der Waals surface area contributed by atoms with Crippen LogP contribution in [0, 0.1) is 0 Å². The largest absolute Gasteiger partial charge is 0.331 e. The van der Waals surface area contributed by atoms with E-state index in [0.717, 1.165) is 24.6 Å². The highest BCUT2D eigenvalue weighted by molar-refractivity contribution is 5.44. The summed E-state index contributed by atoms with van der Waals surface area (Å²) in [6.07, 6.45) is 12.2. The third kappa shape index (κ3) is 1.92. The molecule has 0 bridgehead atoms. The molecule has 0 saturated heterocycles. The third-order valence-electron chi connectivity index (χ3n) is 2.93. The number of aromatic amines is 1. The first kappa shape index (κ1) is 10.8. The lowest BCUT2D eigenvalue weighted by Crippen LogP contribution is -2.05. The molecule has 3 heterocycles. The van der Waals surface area contributed by atoms with Gasteiger partial charge in [0.05, 0.1) is 6.20 Å². The predicted octanol–water partition coefficient (Wildman–Crippen LogP) is 1.25. The summed E-state index contributed by atoms with van der Waals surface area (Å²) in [5, 5.41) is 6.76. The van der Waals surface area contributed by atoms with E-state index in [1.54, 1.807) is 12.4 Å². The average Bonchev–Trinajstić information content (AvgIpc) is 3.06. The fourth-order valence-electron chi connectivity index (χ4n) is 1.94. The quantitative estimate of drug-likeness (QED) is 0.748. The summed E-state index contributed by atoms with van der Waals surface area (Å²) in [5.41, 5.74) is 1.19. The zero-order valence-corrected chi connectivity index (χ0v) is 10.1. The predicted molar refractivity (Wildman–Crippen MR) is 66.7 cm³/mol. The first-order valence-electron chi connectivity index (χ1n) is 5.81. The van der Waals surface area contributed by atoms with Gasteiger partial charge in [0.15, 0.2) is 11.6 Å². The van der Waals surface area contributed by atoms with Crippen LogP contribution in [0.1, 0.15) is 5.56 Å². The molecule has 0 saturated carbocycles. The zero-order valence-electron chi connectivity index (χ0n) is 10.1. The SMILES string of the molecule is Cn1ccnc1-c1nccn1CCc1cn[nH]c1. The number of imidazole rings is 2. The van der Waals surface area contributed by atoms with Crippen molar-refractivity contribution >= 4 is 0 Å². The Kier molecular flexibility index (Phi) is 2.68. The summed E-state index contributed by atoms with van der Waals surface area (Å²) >= 11 is 0. The molecule has 0 unspecified atom stereocenters. The Labute approximate surface area is 104 Å². The second-order valence-electron chi connectivity index (χ2n) is 4.16. The summed E-state index contributed by atoms with van der Waals surface area (Å²) in [5.74, 6) is 1.78. The lowest BCUT2D eigenvalue weighted by molar-refractivity contribution is 0.695. The standard InChI is InChI=1S/C12H14N6/c1-17-6-3-13-11(17)12-14-4-7-18(12)5-2-10-8-15-16-9-10/h3-4,6-9H,2,5H2,1H3,(H,15,16). The Morgan fingerprint density at radius 2 is 2.00 bits per heavy atom. The van der Waals surface area contributed by atoms with Gasteiger partial charge in [-0.25, -0.2) is 9.97 Å². The van der Waals surface area contributed by atoms with Crippen LogP contribution in [0.4, 0.5) is 0 Å². The summed E-state index contributed by atoms with van der Waals surface area (Å²) in [7, 11) is 1.97. The smallest absolute Gasteiger partial charge is 0.176 e. The molecule has 0 aliphatic rings. The molecule has 0 aliphatic carbocycles. The van der Waals surface area contributed by atoms with Crippen LogP contribution >= 0.6 is 0 Å². The number of nitrogens with one attached hydrogen (secondary N) is 1. The Bertz CT molecular complexity index is 619. The van der Waals surface area contributed by atoms with E-state index in [9.17, 15) is 0 Å². The van der Waals surface area contributed by atoms with Crippen LogP contribution in [0.15, 0.2) is 37.2 Å². The molecule has 0 fully saturated rings. The molecule has 92 valence electrons. The molecule has 0 radical (unpaired) electrons. The maximum Gasteiger partial charge on any atom is 0.176 e.